The smallest absolute Gasteiger partial charge is 0.0780 e. The lowest BCUT2D eigenvalue weighted by molar-refractivity contribution is 1.23. The lowest BCUT2D eigenvalue weighted by Gasteiger charge is -2.10. The van der Waals surface area contributed by atoms with E-state index in [4.69, 9.17) is 0 Å². The largest absolute Gasteiger partial charge is 0.261 e. The molecule has 0 saturated heterocycles. The maximum atomic E-state index is 4.66. The molecule has 4 rings (SSSR count). The third kappa shape index (κ3) is 2.36. The number of pyridine rings is 2. The standard InChI is InChI=1S/C21H18N2/c1-13-8-14(2)10-17(9-13)21-19-5-4-16-11-15(3)23-12-20(16)18(19)6-7-22-21/h4-12H,1-3H3. The Morgan fingerprint density at radius 3 is 2.26 bits per heavy atom. The molecule has 0 bridgehead atoms. The molecule has 2 heterocycles. The number of hydrogen-bond acceptors (Lipinski definition) is 2. The van der Waals surface area contributed by atoms with Crippen molar-refractivity contribution in [2.75, 3.05) is 0 Å². The van der Waals surface area contributed by atoms with E-state index in [2.05, 4.69) is 66.3 Å². The molecule has 0 aliphatic carbocycles. The van der Waals surface area contributed by atoms with Gasteiger partial charge in [-0.2, -0.15) is 0 Å². The van der Waals surface area contributed by atoms with Gasteiger partial charge in [0.05, 0.1) is 5.69 Å². The highest BCUT2D eigenvalue weighted by Gasteiger charge is 2.09. The lowest BCUT2D eigenvalue weighted by atomic mass is 9.98. The van der Waals surface area contributed by atoms with Gasteiger partial charge in [-0.05, 0) is 55.8 Å². The summed E-state index contributed by atoms with van der Waals surface area (Å²) in [5, 5.41) is 4.79. The fraction of sp³-hybridized carbons (Fsp3) is 0.143. The van der Waals surface area contributed by atoms with Gasteiger partial charge in [-0.1, -0.05) is 29.3 Å². The SMILES string of the molecule is Cc1cc(C)cc(-c2nccc3c2ccc2cc(C)ncc23)c1. The summed E-state index contributed by atoms with van der Waals surface area (Å²) in [5.74, 6) is 0. The Morgan fingerprint density at radius 2 is 1.48 bits per heavy atom. The van der Waals surface area contributed by atoms with Gasteiger partial charge >= 0.3 is 0 Å². The molecule has 0 aliphatic rings. The first-order valence-electron chi connectivity index (χ1n) is 7.84. The van der Waals surface area contributed by atoms with Crippen LogP contribution in [0.15, 0.2) is 54.9 Å². The molecule has 0 radical (unpaired) electrons. The second-order valence-corrected chi connectivity index (χ2v) is 6.24. The number of nitrogens with zero attached hydrogens (tertiary/aromatic N) is 2. The quantitative estimate of drug-likeness (QED) is 0.441. The van der Waals surface area contributed by atoms with Crippen LogP contribution in [0.5, 0.6) is 0 Å². The summed E-state index contributed by atoms with van der Waals surface area (Å²) in [7, 11) is 0. The van der Waals surface area contributed by atoms with Gasteiger partial charge in [0.25, 0.3) is 0 Å². The zero-order chi connectivity index (χ0) is 16.0. The minimum atomic E-state index is 1.04. The summed E-state index contributed by atoms with van der Waals surface area (Å²) >= 11 is 0. The molecule has 2 aromatic carbocycles. The van der Waals surface area contributed by atoms with Crippen molar-refractivity contribution in [3.63, 3.8) is 0 Å². The summed E-state index contributed by atoms with van der Waals surface area (Å²) in [4.78, 5) is 9.13. The highest BCUT2D eigenvalue weighted by atomic mass is 14.7. The van der Waals surface area contributed by atoms with Crippen molar-refractivity contribution < 1.29 is 0 Å². The van der Waals surface area contributed by atoms with E-state index in [0.717, 1.165) is 11.4 Å². The van der Waals surface area contributed by atoms with Gasteiger partial charge in [0.15, 0.2) is 0 Å². The minimum absolute atomic E-state index is 1.04. The molecule has 4 aromatic rings. The van der Waals surface area contributed by atoms with E-state index in [1.54, 1.807) is 0 Å². The monoisotopic (exact) mass is 298 g/mol. The number of hydrogen-bond donors (Lipinski definition) is 0. The Morgan fingerprint density at radius 1 is 0.696 bits per heavy atom. The Labute approximate surface area is 135 Å². The van der Waals surface area contributed by atoms with E-state index in [-0.39, 0.29) is 0 Å². The Bertz CT molecular complexity index is 1030. The third-order valence-corrected chi connectivity index (χ3v) is 4.28. The highest BCUT2D eigenvalue weighted by Crippen LogP contribution is 2.32. The van der Waals surface area contributed by atoms with Crippen LogP contribution in [-0.4, -0.2) is 9.97 Å². The van der Waals surface area contributed by atoms with Crippen molar-refractivity contribution in [3.05, 3.63) is 71.7 Å². The van der Waals surface area contributed by atoms with Crippen molar-refractivity contribution >= 4 is 21.5 Å². The van der Waals surface area contributed by atoms with E-state index in [9.17, 15) is 0 Å². The number of aromatic nitrogens is 2. The molecule has 23 heavy (non-hydrogen) atoms. The highest BCUT2D eigenvalue weighted by molar-refractivity contribution is 6.10. The van der Waals surface area contributed by atoms with Crippen LogP contribution >= 0.6 is 0 Å². The van der Waals surface area contributed by atoms with Crippen LogP contribution in [0.3, 0.4) is 0 Å². The molecule has 112 valence electrons. The first-order valence-corrected chi connectivity index (χ1v) is 7.84. The van der Waals surface area contributed by atoms with Crippen LogP contribution < -0.4 is 0 Å². The zero-order valence-corrected chi connectivity index (χ0v) is 13.6. The summed E-state index contributed by atoms with van der Waals surface area (Å²) in [6.45, 7) is 6.28. The number of fused-ring (bicyclic) bond motifs is 3. The summed E-state index contributed by atoms with van der Waals surface area (Å²) < 4.78 is 0. The normalized spacial score (nSPS) is 11.3. The van der Waals surface area contributed by atoms with Crippen LogP contribution in [0, 0.1) is 20.8 Å². The zero-order valence-electron chi connectivity index (χ0n) is 13.6. The van der Waals surface area contributed by atoms with Crippen molar-refractivity contribution in [1.29, 1.82) is 0 Å². The van der Waals surface area contributed by atoms with Gasteiger partial charge in [-0.25, -0.2) is 0 Å². The van der Waals surface area contributed by atoms with Gasteiger partial charge in [0, 0.05) is 34.4 Å². The van der Waals surface area contributed by atoms with Crippen molar-refractivity contribution in [1.82, 2.24) is 9.97 Å². The average Bonchev–Trinajstić information content (AvgIpc) is 2.52. The maximum absolute atomic E-state index is 4.66. The van der Waals surface area contributed by atoms with Crippen LogP contribution in [0.25, 0.3) is 32.8 Å². The third-order valence-electron chi connectivity index (χ3n) is 4.28. The fourth-order valence-corrected chi connectivity index (χ4v) is 3.34. The summed E-state index contributed by atoms with van der Waals surface area (Å²) in [5.41, 5.74) is 5.78. The number of benzene rings is 2. The van der Waals surface area contributed by atoms with Gasteiger partial charge < -0.3 is 0 Å². The first kappa shape index (κ1) is 13.9. The minimum Gasteiger partial charge on any atom is -0.261 e. The Balaban J connectivity index is 2.07. The molecule has 0 aliphatic heterocycles. The van der Waals surface area contributed by atoms with Crippen LogP contribution in [0.1, 0.15) is 16.8 Å². The van der Waals surface area contributed by atoms with E-state index < -0.39 is 0 Å². The summed E-state index contributed by atoms with van der Waals surface area (Å²) in [6, 6.07) is 15.2. The molecule has 0 unspecified atom stereocenters. The Kier molecular flexibility index (Phi) is 3.12. The number of rotatable bonds is 1. The predicted octanol–water partition coefficient (Wildman–Crippen LogP) is 5.38. The van der Waals surface area contributed by atoms with E-state index in [0.29, 0.717) is 0 Å². The van der Waals surface area contributed by atoms with Crippen LogP contribution in [-0.2, 0) is 0 Å². The van der Waals surface area contributed by atoms with Gasteiger partial charge in [0.2, 0.25) is 0 Å². The molecule has 2 nitrogen and oxygen atoms in total. The van der Waals surface area contributed by atoms with Gasteiger partial charge in [-0.3, -0.25) is 9.97 Å². The molecular formula is C21H18N2. The average molecular weight is 298 g/mol. The molecule has 0 amide bonds. The maximum Gasteiger partial charge on any atom is 0.0780 e. The first-order chi connectivity index (χ1) is 11.1. The second-order valence-electron chi connectivity index (χ2n) is 6.24. The van der Waals surface area contributed by atoms with Crippen LogP contribution in [0.4, 0.5) is 0 Å². The topological polar surface area (TPSA) is 25.8 Å². The van der Waals surface area contributed by atoms with Gasteiger partial charge in [-0.15, -0.1) is 0 Å². The number of aryl methyl sites for hydroxylation is 3. The van der Waals surface area contributed by atoms with E-state index in [1.807, 2.05) is 19.3 Å². The molecule has 0 atom stereocenters. The molecule has 0 N–H and O–H groups in total. The summed E-state index contributed by atoms with van der Waals surface area (Å²) in [6.07, 6.45) is 3.87. The lowest BCUT2D eigenvalue weighted by Crippen LogP contribution is -1.90. The predicted molar refractivity (Wildman–Crippen MR) is 96.7 cm³/mol. The molecular weight excluding hydrogens is 280 g/mol. The van der Waals surface area contributed by atoms with Crippen molar-refractivity contribution in [2.45, 2.75) is 20.8 Å². The fourth-order valence-electron chi connectivity index (χ4n) is 3.34. The Hall–Kier alpha value is -2.74. The van der Waals surface area contributed by atoms with E-state index >= 15 is 0 Å². The van der Waals surface area contributed by atoms with Crippen molar-refractivity contribution in [2.24, 2.45) is 0 Å². The van der Waals surface area contributed by atoms with Gasteiger partial charge in [0.1, 0.15) is 0 Å². The van der Waals surface area contributed by atoms with Crippen LogP contribution in [0.2, 0.25) is 0 Å². The molecule has 0 spiro atoms. The van der Waals surface area contributed by atoms with E-state index in [1.165, 1.54) is 38.2 Å². The molecule has 0 saturated carbocycles. The second kappa shape index (κ2) is 5.17. The molecule has 0 fully saturated rings. The molecule has 2 aromatic heterocycles. The molecule has 2 heteroatoms. The van der Waals surface area contributed by atoms with Crippen molar-refractivity contribution in [3.8, 4) is 11.3 Å².